The van der Waals surface area contributed by atoms with Crippen LogP contribution in [0.5, 0.6) is 0 Å². The quantitative estimate of drug-likeness (QED) is 0.795. The molecule has 1 aliphatic rings. The maximum Gasteiger partial charge on any atom is 0.416 e. The largest absolute Gasteiger partial charge is 0.481 e. The molecule has 17 heavy (non-hydrogen) atoms. The fourth-order valence-corrected chi connectivity index (χ4v) is 2.07. The number of rotatable bonds is 1. The molecule has 0 fully saturated rings. The molecule has 6 heteroatoms. The van der Waals surface area contributed by atoms with Gasteiger partial charge in [-0.1, -0.05) is 12.1 Å². The molecule has 0 radical (unpaired) electrons. The summed E-state index contributed by atoms with van der Waals surface area (Å²) in [5, 5.41) is 11.7. The van der Waals surface area contributed by atoms with E-state index in [2.05, 4.69) is 5.32 Å². The first-order valence-electron chi connectivity index (χ1n) is 5.03. The van der Waals surface area contributed by atoms with E-state index in [0.29, 0.717) is 0 Å². The maximum atomic E-state index is 12.7. The van der Waals surface area contributed by atoms with E-state index in [0.717, 1.165) is 6.07 Å². The molecule has 0 bridgehead atoms. The van der Waals surface area contributed by atoms with E-state index in [4.69, 9.17) is 5.11 Å². The number of benzene rings is 1. The molecule has 2 rings (SSSR count). The highest BCUT2D eigenvalue weighted by Gasteiger charge is 2.37. The van der Waals surface area contributed by atoms with Gasteiger partial charge in [-0.2, -0.15) is 13.2 Å². The average Bonchev–Trinajstić information content (AvgIpc) is 2.26. The van der Waals surface area contributed by atoms with Crippen molar-refractivity contribution < 1.29 is 23.1 Å². The molecule has 3 nitrogen and oxygen atoms in total. The number of carbonyl (C=O) groups is 1. The third-order valence-electron chi connectivity index (χ3n) is 2.84. The van der Waals surface area contributed by atoms with Crippen LogP contribution in [0, 0.1) is 0 Å². The number of aliphatic carboxylic acids is 1. The molecule has 0 spiro atoms. The number of carboxylic acids is 1. The number of nitrogens with one attached hydrogen (secondary N) is 1. The normalized spacial score (nSPS) is 19.8. The summed E-state index contributed by atoms with van der Waals surface area (Å²) in [6, 6.07) is 3.68. The maximum absolute atomic E-state index is 12.7. The summed E-state index contributed by atoms with van der Waals surface area (Å²) in [7, 11) is 0. The van der Waals surface area contributed by atoms with Gasteiger partial charge in [0.15, 0.2) is 0 Å². The predicted molar refractivity (Wildman–Crippen MR) is 53.5 cm³/mol. The van der Waals surface area contributed by atoms with Gasteiger partial charge in [-0.15, -0.1) is 0 Å². The molecule has 92 valence electrons. The SMILES string of the molecule is O=C(O)C1CNCc2c1cccc2C(F)(F)F. The van der Waals surface area contributed by atoms with E-state index in [-0.39, 0.29) is 24.2 Å². The van der Waals surface area contributed by atoms with Crippen molar-refractivity contribution in [2.24, 2.45) is 0 Å². The number of hydrogen-bond donors (Lipinski definition) is 2. The summed E-state index contributed by atoms with van der Waals surface area (Å²) in [4.78, 5) is 11.0. The molecule has 1 aromatic rings. The number of alkyl halides is 3. The average molecular weight is 245 g/mol. The van der Waals surface area contributed by atoms with Crippen molar-refractivity contribution in [2.45, 2.75) is 18.6 Å². The molecular weight excluding hydrogens is 235 g/mol. The standard InChI is InChI=1S/C11H10F3NO2/c12-11(13,14)9-3-1-2-6-7(9)4-15-5-8(6)10(16)17/h1-3,8,15H,4-5H2,(H,16,17). The summed E-state index contributed by atoms with van der Waals surface area (Å²) in [6.07, 6.45) is -4.45. The minimum absolute atomic E-state index is 0.0404. The highest BCUT2D eigenvalue weighted by atomic mass is 19.4. The lowest BCUT2D eigenvalue weighted by molar-refractivity contribution is -0.141. The van der Waals surface area contributed by atoms with Crippen LogP contribution >= 0.6 is 0 Å². The van der Waals surface area contributed by atoms with Gasteiger partial charge in [0.2, 0.25) is 0 Å². The smallest absolute Gasteiger partial charge is 0.416 e. The van der Waals surface area contributed by atoms with Gasteiger partial charge >= 0.3 is 12.1 Å². The van der Waals surface area contributed by atoms with Gasteiger partial charge in [0.25, 0.3) is 0 Å². The van der Waals surface area contributed by atoms with Gasteiger partial charge in [0, 0.05) is 13.1 Å². The molecule has 0 aliphatic carbocycles. The number of halogens is 3. The Labute approximate surface area is 95.3 Å². The van der Waals surface area contributed by atoms with Gasteiger partial charge in [-0.3, -0.25) is 4.79 Å². The van der Waals surface area contributed by atoms with E-state index >= 15 is 0 Å². The van der Waals surface area contributed by atoms with E-state index in [1.165, 1.54) is 12.1 Å². The van der Waals surface area contributed by atoms with Crippen molar-refractivity contribution in [2.75, 3.05) is 6.54 Å². The fourth-order valence-electron chi connectivity index (χ4n) is 2.07. The van der Waals surface area contributed by atoms with Crippen molar-refractivity contribution in [1.82, 2.24) is 5.32 Å². The zero-order chi connectivity index (χ0) is 12.6. The molecule has 1 atom stereocenters. The van der Waals surface area contributed by atoms with Crippen molar-refractivity contribution in [1.29, 1.82) is 0 Å². The second-order valence-corrected chi connectivity index (χ2v) is 3.89. The van der Waals surface area contributed by atoms with Gasteiger partial charge < -0.3 is 10.4 Å². The monoisotopic (exact) mass is 245 g/mol. The third-order valence-corrected chi connectivity index (χ3v) is 2.84. The van der Waals surface area contributed by atoms with Crippen molar-refractivity contribution in [3.05, 3.63) is 34.9 Å². The van der Waals surface area contributed by atoms with Crippen LogP contribution in [0.4, 0.5) is 13.2 Å². The Kier molecular flexibility index (Phi) is 2.82. The molecule has 1 aromatic carbocycles. The third kappa shape index (κ3) is 2.12. The minimum atomic E-state index is -4.45. The topological polar surface area (TPSA) is 49.3 Å². The summed E-state index contributed by atoms with van der Waals surface area (Å²) >= 11 is 0. The second kappa shape index (κ2) is 4.03. The molecule has 0 saturated carbocycles. The molecule has 0 saturated heterocycles. The van der Waals surface area contributed by atoms with Crippen LogP contribution in [-0.2, 0) is 17.5 Å². The molecule has 0 amide bonds. The Bertz CT molecular complexity index is 457. The van der Waals surface area contributed by atoms with Crippen LogP contribution in [0.25, 0.3) is 0 Å². The minimum Gasteiger partial charge on any atom is -0.481 e. The zero-order valence-corrected chi connectivity index (χ0v) is 8.71. The first-order chi connectivity index (χ1) is 7.91. The first kappa shape index (κ1) is 11.9. The Morgan fingerprint density at radius 3 is 2.71 bits per heavy atom. The molecule has 1 aliphatic heterocycles. The van der Waals surface area contributed by atoms with Gasteiger partial charge in [-0.05, 0) is 17.2 Å². The summed E-state index contributed by atoms with van der Waals surface area (Å²) in [5.74, 6) is -2.03. The first-order valence-corrected chi connectivity index (χ1v) is 5.03. The van der Waals surface area contributed by atoms with E-state index < -0.39 is 23.6 Å². The second-order valence-electron chi connectivity index (χ2n) is 3.89. The van der Waals surface area contributed by atoms with Crippen LogP contribution in [0.15, 0.2) is 18.2 Å². The fraction of sp³-hybridized carbons (Fsp3) is 0.364. The van der Waals surface area contributed by atoms with Gasteiger partial charge in [-0.25, -0.2) is 0 Å². The van der Waals surface area contributed by atoms with Crippen LogP contribution in [-0.4, -0.2) is 17.6 Å². The van der Waals surface area contributed by atoms with Crippen LogP contribution in [0.2, 0.25) is 0 Å². The van der Waals surface area contributed by atoms with Crippen molar-refractivity contribution >= 4 is 5.97 Å². The Morgan fingerprint density at radius 2 is 2.12 bits per heavy atom. The molecule has 0 aromatic heterocycles. The number of carboxylic acid groups (broad SMARTS) is 1. The highest BCUT2D eigenvalue weighted by molar-refractivity contribution is 5.77. The zero-order valence-electron chi connectivity index (χ0n) is 8.71. The van der Waals surface area contributed by atoms with Gasteiger partial charge in [0.05, 0.1) is 11.5 Å². The molecule has 1 unspecified atom stereocenters. The Balaban J connectivity index is 2.55. The lowest BCUT2D eigenvalue weighted by atomic mass is 9.88. The summed E-state index contributed by atoms with van der Waals surface area (Å²) < 4.78 is 38.2. The molecule has 1 heterocycles. The van der Waals surface area contributed by atoms with Gasteiger partial charge in [0.1, 0.15) is 0 Å². The van der Waals surface area contributed by atoms with E-state index in [1.807, 2.05) is 0 Å². The van der Waals surface area contributed by atoms with E-state index in [9.17, 15) is 18.0 Å². The van der Waals surface area contributed by atoms with Crippen LogP contribution in [0.1, 0.15) is 22.6 Å². The Morgan fingerprint density at radius 1 is 1.41 bits per heavy atom. The number of fused-ring (bicyclic) bond motifs is 1. The van der Waals surface area contributed by atoms with Crippen molar-refractivity contribution in [3.8, 4) is 0 Å². The van der Waals surface area contributed by atoms with E-state index in [1.54, 1.807) is 0 Å². The van der Waals surface area contributed by atoms with Crippen molar-refractivity contribution in [3.63, 3.8) is 0 Å². The Hall–Kier alpha value is -1.56. The lowest BCUT2D eigenvalue weighted by Gasteiger charge is -2.26. The highest BCUT2D eigenvalue weighted by Crippen LogP contribution is 2.36. The number of hydrogen-bond acceptors (Lipinski definition) is 2. The summed E-state index contributed by atoms with van der Waals surface area (Å²) in [6.45, 7) is 0.207. The molecular formula is C11H10F3NO2. The summed E-state index contributed by atoms with van der Waals surface area (Å²) in [5.41, 5.74) is -0.460. The lowest BCUT2D eigenvalue weighted by Crippen LogP contribution is -2.34. The molecule has 2 N–H and O–H groups in total. The predicted octanol–water partition coefficient (Wildman–Crippen LogP) is 1.98. The van der Waals surface area contributed by atoms with Crippen LogP contribution in [0.3, 0.4) is 0 Å². The van der Waals surface area contributed by atoms with Crippen LogP contribution < -0.4 is 5.32 Å².